The lowest BCUT2D eigenvalue weighted by Gasteiger charge is -2.39. The normalized spacial score (nSPS) is 15.8. The van der Waals surface area contributed by atoms with Crippen LogP contribution in [0.5, 0.6) is 0 Å². The van der Waals surface area contributed by atoms with Gasteiger partial charge in [0.1, 0.15) is 0 Å². The van der Waals surface area contributed by atoms with Crippen LogP contribution in [0.3, 0.4) is 0 Å². The predicted octanol–water partition coefficient (Wildman–Crippen LogP) is 3.61. The van der Waals surface area contributed by atoms with Crippen LogP contribution in [-0.2, 0) is 19.7 Å². The molecule has 4 nitrogen and oxygen atoms in total. The maximum atomic E-state index is 12.5. The van der Waals surface area contributed by atoms with Crippen LogP contribution in [0.1, 0.15) is 51.5 Å². The number of esters is 1. The fourth-order valence-corrected chi connectivity index (χ4v) is 3.07. The smallest absolute Gasteiger partial charge is 0.317 e. The van der Waals surface area contributed by atoms with Crippen LogP contribution >= 0.6 is 11.6 Å². The molecule has 1 N–H and O–H groups in total. The molecule has 1 aliphatic carbocycles. The minimum atomic E-state index is -0.611. The monoisotopic (exact) mass is 337 g/mol. The van der Waals surface area contributed by atoms with Crippen LogP contribution in [0.4, 0.5) is 0 Å². The van der Waals surface area contributed by atoms with Crippen LogP contribution < -0.4 is 5.32 Å². The second-order valence-electron chi connectivity index (χ2n) is 6.10. The van der Waals surface area contributed by atoms with Gasteiger partial charge in [-0.15, -0.1) is 0 Å². The van der Waals surface area contributed by atoms with E-state index in [-0.39, 0.29) is 24.5 Å². The van der Waals surface area contributed by atoms with Crippen molar-refractivity contribution < 1.29 is 14.3 Å². The van der Waals surface area contributed by atoms with Gasteiger partial charge in [-0.2, -0.15) is 0 Å². The molecule has 0 radical (unpaired) electrons. The standard InChI is InChI=1S/C18H24ClNO3/c1-3-15(4-2)20-16(21)12-23-17(22)18(10-5-11-18)13-6-8-14(19)9-7-13/h6-9,15H,3-5,10-12H2,1-2H3,(H,20,21). The molecule has 2 rings (SSSR count). The number of hydrogen-bond acceptors (Lipinski definition) is 3. The number of carbonyl (C=O) groups excluding carboxylic acids is 2. The molecule has 23 heavy (non-hydrogen) atoms. The van der Waals surface area contributed by atoms with Crippen molar-refractivity contribution in [3.8, 4) is 0 Å². The van der Waals surface area contributed by atoms with Gasteiger partial charge in [0.05, 0.1) is 5.41 Å². The lowest BCUT2D eigenvalue weighted by molar-refractivity contribution is -0.158. The zero-order valence-corrected chi connectivity index (χ0v) is 14.5. The summed E-state index contributed by atoms with van der Waals surface area (Å²) in [6.45, 7) is 3.82. The van der Waals surface area contributed by atoms with E-state index in [1.807, 2.05) is 26.0 Å². The molecule has 1 aromatic carbocycles. The zero-order valence-electron chi connectivity index (χ0n) is 13.7. The van der Waals surface area contributed by atoms with E-state index in [0.29, 0.717) is 5.02 Å². The number of hydrogen-bond donors (Lipinski definition) is 1. The van der Waals surface area contributed by atoms with Gasteiger partial charge < -0.3 is 10.1 Å². The van der Waals surface area contributed by atoms with E-state index in [1.54, 1.807) is 12.1 Å². The van der Waals surface area contributed by atoms with Gasteiger partial charge in [-0.25, -0.2) is 0 Å². The summed E-state index contributed by atoms with van der Waals surface area (Å²) in [5, 5.41) is 3.51. The molecular weight excluding hydrogens is 314 g/mol. The van der Waals surface area contributed by atoms with Gasteiger partial charge >= 0.3 is 5.97 Å². The van der Waals surface area contributed by atoms with E-state index < -0.39 is 5.41 Å². The van der Waals surface area contributed by atoms with Crippen molar-refractivity contribution in [2.24, 2.45) is 0 Å². The number of ether oxygens (including phenoxy) is 1. The number of carbonyl (C=O) groups is 2. The summed E-state index contributed by atoms with van der Waals surface area (Å²) in [5.74, 6) is -0.552. The summed E-state index contributed by atoms with van der Waals surface area (Å²) in [6, 6.07) is 7.43. The van der Waals surface area contributed by atoms with E-state index in [2.05, 4.69) is 5.32 Å². The Kier molecular flexibility index (Phi) is 6.05. The highest BCUT2D eigenvalue weighted by molar-refractivity contribution is 6.30. The van der Waals surface area contributed by atoms with Crippen LogP contribution in [0.2, 0.25) is 5.02 Å². The van der Waals surface area contributed by atoms with E-state index in [9.17, 15) is 9.59 Å². The van der Waals surface area contributed by atoms with Gasteiger partial charge in [0.2, 0.25) is 0 Å². The zero-order chi connectivity index (χ0) is 16.9. The highest BCUT2D eigenvalue weighted by atomic mass is 35.5. The maximum Gasteiger partial charge on any atom is 0.317 e. The summed E-state index contributed by atoms with van der Waals surface area (Å²) in [4.78, 5) is 24.4. The fraction of sp³-hybridized carbons (Fsp3) is 0.556. The van der Waals surface area contributed by atoms with E-state index >= 15 is 0 Å². The molecule has 0 saturated heterocycles. The van der Waals surface area contributed by atoms with Crippen LogP contribution in [0, 0.1) is 0 Å². The Morgan fingerprint density at radius 1 is 1.22 bits per heavy atom. The van der Waals surface area contributed by atoms with Crippen molar-refractivity contribution in [2.75, 3.05) is 6.61 Å². The third-order valence-electron chi connectivity index (χ3n) is 4.68. The maximum absolute atomic E-state index is 12.5. The molecular formula is C18H24ClNO3. The molecule has 0 spiro atoms. The van der Waals surface area contributed by atoms with Crippen molar-refractivity contribution in [1.29, 1.82) is 0 Å². The predicted molar refractivity (Wildman–Crippen MR) is 90.5 cm³/mol. The van der Waals surface area contributed by atoms with Gasteiger partial charge in [0.15, 0.2) is 6.61 Å². The topological polar surface area (TPSA) is 55.4 Å². The number of rotatable bonds is 7. The average Bonchev–Trinajstić information content (AvgIpc) is 2.51. The third-order valence-corrected chi connectivity index (χ3v) is 4.93. The summed E-state index contributed by atoms with van der Waals surface area (Å²) in [7, 11) is 0. The first-order valence-corrected chi connectivity index (χ1v) is 8.62. The Balaban J connectivity index is 1.96. The first kappa shape index (κ1) is 17.8. The Labute approximate surface area is 142 Å². The Bertz CT molecular complexity index is 548. The molecule has 1 aliphatic rings. The van der Waals surface area contributed by atoms with Crippen molar-refractivity contribution in [3.05, 3.63) is 34.9 Å². The summed E-state index contributed by atoms with van der Waals surface area (Å²) < 4.78 is 5.30. The molecule has 0 aromatic heterocycles. The minimum absolute atomic E-state index is 0.134. The average molecular weight is 338 g/mol. The largest absolute Gasteiger partial charge is 0.455 e. The van der Waals surface area contributed by atoms with Gasteiger partial charge in [-0.05, 0) is 43.4 Å². The van der Waals surface area contributed by atoms with E-state index in [1.165, 1.54) is 0 Å². The Morgan fingerprint density at radius 2 is 1.83 bits per heavy atom. The third kappa shape index (κ3) is 4.05. The quantitative estimate of drug-likeness (QED) is 0.773. The molecule has 1 saturated carbocycles. The summed E-state index contributed by atoms with van der Waals surface area (Å²) >= 11 is 5.91. The second-order valence-corrected chi connectivity index (χ2v) is 6.54. The van der Waals surface area contributed by atoms with Crippen molar-refractivity contribution in [3.63, 3.8) is 0 Å². The first-order chi connectivity index (χ1) is 11.0. The number of halogens is 1. The first-order valence-electron chi connectivity index (χ1n) is 8.24. The number of nitrogens with one attached hydrogen (secondary N) is 1. The fourth-order valence-electron chi connectivity index (χ4n) is 2.94. The molecule has 5 heteroatoms. The Morgan fingerprint density at radius 3 is 2.30 bits per heavy atom. The minimum Gasteiger partial charge on any atom is -0.455 e. The van der Waals surface area contributed by atoms with Crippen LogP contribution in [0.15, 0.2) is 24.3 Å². The van der Waals surface area contributed by atoms with Gasteiger partial charge in [0, 0.05) is 11.1 Å². The SMILES string of the molecule is CCC(CC)NC(=O)COC(=O)C1(c2ccc(Cl)cc2)CCC1. The van der Waals surface area contributed by atoms with E-state index in [0.717, 1.165) is 37.7 Å². The second kappa shape index (κ2) is 7.82. The molecule has 0 unspecified atom stereocenters. The molecule has 0 bridgehead atoms. The van der Waals surface area contributed by atoms with Gasteiger partial charge in [-0.1, -0.05) is 44.0 Å². The number of amides is 1. The molecule has 0 heterocycles. The molecule has 126 valence electrons. The lowest BCUT2D eigenvalue weighted by atomic mass is 9.64. The van der Waals surface area contributed by atoms with Crippen molar-refractivity contribution >= 4 is 23.5 Å². The van der Waals surface area contributed by atoms with Gasteiger partial charge in [0.25, 0.3) is 5.91 Å². The molecule has 1 amide bonds. The van der Waals surface area contributed by atoms with E-state index in [4.69, 9.17) is 16.3 Å². The Hall–Kier alpha value is -1.55. The summed E-state index contributed by atoms with van der Waals surface area (Å²) in [5.41, 5.74) is 0.304. The molecule has 0 atom stereocenters. The highest BCUT2D eigenvalue weighted by Crippen LogP contribution is 2.45. The molecule has 0 aliphatic heterocycles. The van der Waals surface area contributed by atoms with Crippen molar-refractivity contribution in [1.82, 2.24) is 5.32 Å². The van der Waals surface area contributed by atoms with Crippen molar-refractivity contribution in [2.45, 2.75) is 57.4 Å². The van der Waals surface area contributed by atoms with Gasteiger partial charge in [-0.3, -0.25) is 9.59 Å². The van der Waals surface area contributed by atoms with Crippen LogP contribution in [-0.4, -0.2) is 24.5 Å². The van der Waals surface area contributed by atoms with Crippen LogP contribution in [0.25, 0.3) is 0 Å². The number of benzene rings is 1. The molecule has 1 aromatic rings. The highest BCUT2D eigenvalue weighted by Gasteiger charge is 2.47. The molecule has 1 fully saturated rings. The summed E-state index contributed by atoms with van der Waals surface area (Å²) in [6.07, 6.45) is 4.22. The lowest BCUT2D eigenvalue weighted by Crippen LogP contribution is -2.45.